The van der Waals surface area contributed by atoms with Crippen molar-refractivity contribution in [3.8, 4) is 0 Å². The molecule has 2 rings (SSSR count). The van der Waals surface area contributed by atoms with Gasteiger partial charge in [-0.3, -0.25) is 0 Å². The predicted octanol–water partition coefficient (Wildman–Crippen LogP) is 1.61. The zero-order valence-electron chi connectivity index (χ0n) is 10.1. The van der Waals surface area contributed by atoms with E-state index in [0.717, 1.165) is 32.5 Å². The Labute approximate surface area is 101 Å². The second kappa shape index (κ2) is 6.20. The van der Waals surface area contributed by atoms with Gasteiger partial charge in [-0.1, -0.05) is 12.1 Å². The summed E-state index contributed by atoms with van der Waals surface area (Å²) in [6.45, 7) is 4.99. The molecule has 5 nitrogen and oxygen atoms in total. The van der Waals surface area contributed by atoms with Crippen molar-refractivity contribution >= 4 is 0 Å². The van der Waals surface area contributed by atoms with Gasteiger partial charge in [0.15, 0.2) is 6.33 Å². The Hall–Kier alpha value is -1.62. The molecule has 0 spiro atoms. The molecule has 0 aromatic carbocycles. The minimum Gasteiger partial charge on any atom is -0.350 e. The van der Waals surface area contributed by atoms with Crippen molar-refractivity contribution in [2.24, 2.45) is 0 Å². The number of nitrogens with zero attached hydrogens (tertiary/aromatic N) is 3. The molecule has 5 heteroatoms. The molecule has 2 aromatic rings. The van der Waals surface area contributed by atoms with Gasteiger partial charge in [-0.05, 0) is 18.6 Å². The number of nitrogens with one attached hydrogen (secondary N) is 1. The zero-order chi connectivity index (χ0) is 11.9. The summed E-state index contributed by atoms with van der Waals surface area (Å²) < 4.78 is 7.20. The third-order valence-electron chi connectivity index (χ3n) is 2.62. The molecule has 0 aliphatic heterocycles. The van der Waals surface area contributed by atoms with Gasteiger partial charge >= 0.3 is 0 Å². The minimum atomic E-state index is 0.682. The van der Waals surface area contributed by atoms with Gasteiger partial charge in [0.2, 0.25) is 5.89 Å². The molecular formula is C12H18N4O. The Balaban J connectivity index is 1.72. The Bertz CT molecular complexity index is 421. The fraction of sp³-hybridized carbons (Fsp3) is 0.500. The smallest absolute Gasteiger partial charge is 0.227 e. The largest absolute Gasteiger partial charge is 0.350 e. The molecule has 0 unspecified atom stereocenters. The van der Waals surface area contributed by atoms with E-state index in [1.807, 2.05) is 0 Å². The van der Waals surface area contributed by atoms with Crippen LogP contribution in [0.4, 0.5) is 0 Å². The molecule has 0 aliphatic rings. The van der Waals surface area contributed by atoms with Crippen molar-refractivity contribution in [3.63, 3.8) is 0 Å². The van der Waals surface area contributed by atoms with Crippen molar-refractivity contribution in [1.29, 1.82) is 0 Å². The topological polar surface area (TPSA) is 55.9 Å². The first-order chi connectivity index (χ1) is 8.40. The zero-order valence-corrected chi connectivity index (χ0v) is 10.1. The van der Waals surface area contributed by atoms with Crippen LogP contribution < -0.4 is 5.32 Å². The predicted molar refractivity (Wildman–Crippen MR) is 64.4 cm³/mol. The SMILES string of the molecule is CCCn1cccc1CNCCc1ncno1. The highest BCUT2D eigenvalue weighted by Gasteiger charge is 2.01. The van der Waals surface area contributed by atoms with Crippen molar-refractivity contribution in [3.05, 3.63) is 36.2 Å². The molecule has 0 radical (unpaired) electrons. The Morgan fingerprint density at radius 3 is 3.18 bits per heavy atom. The molecule has 0 aliphatic carbocycles. The van der Waals surface area contributed by atoms with Crippen LogP contribution in [0.25, 0.3) is 0 Å². The van der Waals surface area contributed by atoms with Gasteiger partial charge in [0.25, 0.3) is 0 Å². The van der Waals surface area contributed by atoms with Crippen molar-refractivity contribution < 1.29 is 4.52 Å². The maximum Gasteiger partial charge on any atom is 0.227 e. The average Bonchev–Trinajstić information content (AvgIpc) is 2.96. The number of hydrogen-bond acceptors (Lipinski definition) is 4. The Morgan fingerprint density at radius 1 is 1.47 bits per heavy atom. The second-order valence-electron chi connectivity index (χ2n) is 3.95. The lowest BCUT2D eigenvalue weighted by molar-refractivity contribution is 0.374. The van der Waals surface area contributed by atoms with E-state index in [0.29, 0.717) is 5.89 Å². The van der Waals surface area contributed by atoms with Crippen molar-refractivity contribution in [2.45, 2.75) is 32.9 Å². The summed E-state index contributed by atoms with van der Waals surface area (Å²) >= 11 is 0. The molecule has 2 heterocycles. The maximum absolute atomic E-state index is 4.93. The Morgan fingerprint density at radius 2 is 2.41 bits per heavy atom. The number of hydrogen-bond donors (Lipinski definition) is 1. The van der Waals surface area contributed by atoms with Crippen LogP contribution >= 0.6 is 0 Å². The maximum atomic E-state index is 4.93. The summed E-state index contributed by atoms with van der Waals surface area (Å²) in [7, 11) is 0. The number of rotatable bonds is 7. The molecule has 0 amide bonds. The molecule has 0 saturated heterocycles. The lowest BCUT2D eigenvalue weighted by atomic mass is 10.3. The number of aryl methyl sites for hydroxylation is 1. The summed E-state index contributed by atoms with van der Waals surface area (Å²) in [5, 5.41) is 6.95. The van der Waals surface area contributed by atoms with E-state index in [-0.39, 0.29) is 0 Å². The van der Waals surface area contributed by atoms with Gasteiger partial charge in [0.05, 0.1) is 0 Å². The second-order valence-corrected chi connectivity index (χ2v) is 3.95. The summed E-state index contributed by atoms with van der Waals surface area (Å²) in [5.41, 5.74) is 1.32. The molecule has 2 aromatic heterocycles. The van der Waals surface area contributed by atoms with Crippen LogP contribution in [-0.2, 0) is 19.5 Å². The van der Waals surface area contributed by atoms with Crippen LogP contribution in [0.1, 0.15) is 24.9 Å². The van der Waals surface area contributed by atoms with Gasteiger partial charge in [-0.15, -0.1) is 0 Å². The van der Waals surface area contributed by atoms with Crippen LogP contribution in [0.2, 0.25) is 0 Å². The fourth-order valence-electron chi connectivity index (χ4n) is 1.79. The Kier molecular flexibility index (Phi) is 4.32. The van der Waals surface area contributed by atoms with E-state index in [9.17, 15) is 0 Å². The molecule has 1 N–H and O–H groups in total. The first kappa shape index (κ1) is 11.9. The standard InChI is InChI=1S/C12H18N4O/c1-2-7-16-8-3-4-11(16)9-13-6-5-12-14-10-15-17-12/h3-4,8,10,13H,2,5-7,9H2,1H3. The third kappa shape index (κ3) is 3.42. The molecule has 0 bridgehead atoms. The highest BCUT2D eigenvalue weighted by molar-refractivity contribution is 5.06. The first-order valence-corrected chi connectivity index (χ1v) is 6.00. The summed E-state index contributed by atoms with van der Waals surface area (Å²) in [5.74, 6) is 0.682. The van der Waals surface area contributed by atoms with Gasteiger partial charge in [-0.2, -0.15) is 4.98 Å². The van der Waals surface area contributed by atoms with E-state index in [1.165, 1.54) is 12.0 Å². The number of aromatic nitrogens is 3. The monoisotopic (exact) mass is 234 g/mol. The molecule has 17 heavy (non-hydrogen) atoms. The van der Waals surface area contributed by atoms with Crippen LogP contribution in [0, 0.1) is 0 Å². The molecular weight excluding hydrogens is 216 g/mol. The summed E-state index contributed by atoms with van der Waals surface area (Å²) in [6, 6.07) is 4.24. The normalized spacial score (nSPS) is 10.9. The molecule has 0 atom stereocenters. The van der Waals surface area contributed by atoms with Crippen LogP contribution in [0.15, 0.2) is 29.2 Å². The van der Waals surface area contributed by atoms with Gasteiger partial charge < -0.3 is 14.4 Å². The molecule has 0 fully saturated rings. The van der Waals surface area contributed by atoms with Gasteiger partial charge in [0, 0.05) is 37.9 Å². The van der Waals surface area contributed by atoms with E-state index in [1.54, 1.807) is 0 Å². The first-order valence-electron chi connectivity index (χ1n) is 6.00. The van der Waals surface area contributed by atoms with E-state index in [4.69, 9.17) is 4.52 Å². The summed E-state index contributed by atoms with van der Waals surface area (Å²) in [6.07, 6.45) is 5.48. The fourth-order valence-corrected chi connectivity index (χ4v) is 1.79. The van der Waals surface area contributed by atoms with Crippen LogP contribution in [0.3, 0.4) is 0 Å². The molecule has 0 saturated carbocycles. The van der Waals surface area contributed by atoms with E-state index in [2.05, 4.69) is 45.3 Å². The highest BCUT2D eigenvalue weighted by atomic mass is 16.5. The van der Waals surface area contributed by atoms with Crippen molar-refractivity contribution in [1.82, 2.24) is 20.0 Å². The quantitative estimate of drug-likeness (QED) is 0.739. The minimum absolute atomic E-state index is 0.682. The average molecular weight is 234 g/mol. The van der Waals surface area contributed by atoms with Crippen LogP contribution in [-0.4, -0.2) is 21.3 Å². The third-order valence-corrected chi connectivity index (χ3v) is 2.62. The van der Waals surface area contributed by atoms with Gasteiger partial charge in [0.1, 0.15) is 0 Å². The van der Waals surface area contributed by atoms with E-state index < -0.39 is 0 Å². The lowest BCUT2D eigenvalue weighted by Gasteiger charge is -2.08. The van der Waals surface area contributed by atoms with E-state index >= 15 is 0 Å². The highest BCUT2D eigenvalue weighted by Crippen LogP contribution is 2.03. The van der Waals surface area contributed by atoms with Gasteiger partial charge in [-0.25, -0.2) is 0 Å². The lowest BCUT2D eigenvalue weighted by Crippen LogP contribution is -2.19. The van der Waals surface area contributed by atoms with Crippen LogP contribution in [0.5, 0.6) is 0 Å². The molecule has 92 valence electrons. The van der Waals surface area contributed by atoms with Crippen molar-refractivity contribution in [2.75, 3.05) is 6.54 Å². The summed E-state index contributed by atoms with van der Waals surface area (Å²) in [4.78, 5) is 3.97.